The summed E-state index contributed by atoms with van der Waals surface area (Å²) in [6.07, 6.45) is 0.943. The second kappa shape index (κ2) is 11.0. The van der Waals surface area contributed by atoms with Gasteiger partial charge in [-0.1, -0.05) is 22.9 Å². The van der Waals surface area contributed by atoms with Gasteiger partial charge in [-0.2, -0.15) is 0 Å². The fraction of sp³-hybridized carbons (Fsp3) is 0.364. The molecule has 0 radical (unpaired) electrons. The lowest BCUT2D eigenvalue weighted by molar-refractivity contribution is 0.0986. The molecule has 0 fully saturated rings. The van der Waals surface area contributed by atoms with Gasteiger partial charge in [-0.05, 0) is 83.4 Å². The summed E-state index contributed by atoms with van der Waals surface area (Å²) < 4.78 is 6.65. The van der Waals surface area contributed by atoms with E-state index in [-0.39, 0.29) is 24.4 Å². The summed E-state index contributed by atoms with van der Waals surface area (Å²) in [5, 5.41) is 1.35. The second-order valence-electron chi connectivity index (χ2n) is 7.41. The van der Waals surface area contributed by atoms with Crippen molar-refractivity contribution in [3.05, 3.63) is 53.1 Å². The Morgan fingerprint density at radius 2 is 1.83 bits per heavy atom. The Labute approximate surface area is 193 Å². The molecule has 1 heterocycles. The van der Waals surface area contributed by atoms with Crippen molar-refractivity contribution in [2.24, 2.45) is 0 Å². The number of hydrogen-bond acceptors (Lipinski definition) is 5. The van der Waals surface area contributed by atoms with Gasteiger partial charge in [0.15, 0.2) is 5.13 Å². The van der Waals surface area contributed by atoms with Gasteiger partial charge in [-0.15, -0.1) is 12.4 Å². The van der Waals surface area contributed by atoms with E-state index in [0.29, 0.717) is 22.3 Å². The first-order valence-corrected chi connectivity index (χ1v) is 10.8. The fourth-order valence-corrected chi connectivity index (χ4v) is 4.20. The maximum Gasteiger partial charge on any atom is 0.260 e. The first kappa shape index (κ1) is 24.4. The molecule has 3 rings (SSSR count). The zero-order valence-corrected chi connectivity index (χ0v) is 20.0. The van der Waals surface area contributed by atoms with E-state index in [2.05, 4.69) is 9.88 Å². The van der Waals surface area contributed by atoms with Gasteiger partial charge in [0, 0.05) is 17.1 Å². The van der Waals surface area contributed by atoms with Crippen LogP contribution in [-0.4, -0.2) is 49.1 Å². The van der Waals surface area contributed by atoms with E-state index in [1.54, 1.807) is 4.90 Å². The van der Waals surface area contributed by atoms with E-state index < -0.39 is 0 Å². The molecule has 0 saturated carbocycles. The minimum absolute atomic E-state index is 0. The number of carbonyl (C=O) groups is 1. The lowest BCUT2D eigenvalue weighted by Crippen LogP contribution is -2.33. The molecule has 0 aliphatic rings. The van der Waals surface area contributed by atoms with Gasteiger partial charge < -0.3 is 9.64 Å². The molecule has 0 unspecified atom stereocenters. The zero-order chi connectivity index (χ0) is 21.0. The van der Waals surface area contributed by atoms with E-state index in [1.165, 1.54) is 11.3 Å². The number of thiazole rings is 1. The number of amides is 1. The Hall–Kier alpha value is -1.86. The number of aromatic nitrogens is 1. The summed E-state index contributed by atoms with van der Waals surface area (Å²) in [6, 6.07) is 12.9. The molecule has 1 aromatic heterocycles. The van der Waals surface area contributed by atoms with E-state index in [9.17, 15) is 4.79 Å². The van der Waals surface area contributed by atoms with Crippen LogP contribution in [0.3, 0.4) is 0 Å². The van der Waals surface area contributed by atoms with Gasteiger partial charge in [0.25, 0.3) is 5.91 Å². The molecule has 0 atom stereocenters. The Bertz CT molecular complexity index is 974. The number of fused-ring (bicyclic) bond motifs is 1. The first-order valence-electron chi connectivity index (χ1n) is 9.63. The smallest absolute Gasteiger partial charge is 0.260 e. The molecule has 0 saturated heterocycles. The Balaban J connectivity index is 0.00000320. The van der Waals surface area contributed by atoms with Crippen LogP contribution >= 0.6 is 35.3 Å². The van der Waals surface area contributed by atoms with Crippen molar-refractivity contribution in [2.45, 2.75) is 26.4 Å². The van der Waals surface area contributed by atoms with Crippen LogP contribution in [0.1, 0.15) is 30.6 Å². The fourth-order valence-electron chi connectivity index (χ4n) is 2.93. The van der Waals surface area contributed by atoms with E-state index >= 15 is 0 Å². The second-order valence-corrected chi connectivity index (χ2v) is 8.86. The Morgan fingerprint density at radius 1 is 1.13 bits per heavy atom. The molecular formula is C22H27Cl2N3O2S. The van der Waals surface area contributed by atoms with Gasteiger partial charge in [-0.25, -0.2) is 4.98 Å². The van der Waals surface area contributed by atoms with E-state index in [1.807, 2.05) is 70.4 Å². The number of hydrogen-bond donors (Lipinski definition) is 0. The third kappa shape index (κ3) is 6.32. The largest absolute Gasteiger partial charge is 0.491 e. The van der Waals surface area contributed by atoms with Crippen molar-refractivity contribution in [1.29, 1.82) is 0 Å². The number of halogens is 2. The van der Waals surface area contributed by atoms with E-state index in [4.69, 9.17) is 16.3 Å². The lowest BCUT2D eigenvalue weighted by atomic mass is 10.2. The molecule has 0 spiro atoms. The summed E-state index contributed by atoms with van der Waals surface area (Å²) in [6.45, 7) is 5.44. The topological polar surface area (TPSA) is 45.7 Å². The van der Waals surface area contributed by atoms with Gasteiger partial charge in [0.1, 0.15) is 5.75 Å². The highest BCUT2D eigenvalue weighted by Gasteiger charge is 2.21. The molecule has 0 bridgehead atoms. The molecule has 0 N–H and O–H groups in total. The number of benzene rings is 2. The van der Waals surface area contributed by atoms with Crippen LogP contribution in [0.15, 0.2) is 42.5 Å². The van der Waals surface area contributed by atoms with Crippen molar-refractivity contribution >= 4 is 56.6 Å². The average Bonchev–Trinajstić information content (AvgIpc) is 3.07. The molecule has 5 nitrogen and oxygen atoms in total. The Morgan fingerprint density at radius 3 is 2.47 bits per heavy atom. The Kier molecular flexibility index (Phi) is 8.92. The zero-order valence-electron chi connectivity index (χ0n) is 17.6. The van der Waals surface area contributed by atoms with Crippen LogP contribution in [0.2, 0.25) is 5.02 Å². The van der Waals surface area contributed by atoms with Crippen LogP contribution in [0.4, 0.5) is 5.13 Å². The highest BCUT2D eigenvalue weighted by atomic mass is 35.5. The van der Waals surface area contributed by atoms with Crippen LogP contribution in [0.25, 0.3) is 10.2 Å². The molecule has 162 valence electrons. The highest BCUT2D eigenvalue weighted by Crippen LogP contribution is 2.32. The monoisotopic (exact) mass is 467 g/mol. The summed E-state index contributed by atoms with van der Waals surface area (Å²) in [5.74, 6) is 0.690. The van der Waals surface area contributed by atoms with Gasteiger partial charge in [0.2, 0.25) is 0 Å². The molecule has 0 aliphatic heterocycles. The maximum absolute atomic E-state index is 13.3. The summed E-state index contributed by atoms with van der Waals surface area (Å²) >= 11 is 7.60. The van der Waals surface area contributed by atoms with Gasteiger partial charge in [0.05, 0.1) is 16.3 Å². The van der Waals surface area contributed by atoms with Crippen LogP contribution in [0, 0.1) is 0 Å². The molecule has 1 amide bonds. The maximum atomic E-state index is 13.3. The molecule has 30 heavy (non-hydrogen) atoms. The highest BCUT2D eigenvalue weighted by molar-refractivity contribution is 7.22. The number of anilines is 1. The molecule has 3 aromatic rings. The predicted octanol–water partition coefficient (Wildman–Crippen LogP) is 5.76. The molecule has 8 heteroatoms. The molecule has 0 aliphatic carbocycles. The number of nitrogens with zero attached hydrogens (tertiary/aromatic N) is 3. The normalized spacial score (nSPS) is 11.0. The van der Waals surface area contributed by atoms with Crippen LogP contribution < -0.4 is 9.64 Å². The number of rotatable bonds is 8. The average molecular weight is 468 g/mol. The summed E-state index contributed by atoms with van der Waals surface area (Å²) in [7, 11) is 4.05. The van der Waals surface area contributed by atoms with Crippen LogP contribution in [-0.2, 0) is 0 Å². The van der Waals surface area contributed by atoms with Crippen molar-refractivity contribution in [3.63, 3.8) is 0 Å². The van der Waals surface area contributed by atoms with Crippen molar-refractivity contribution in [1.82, 2.24) is 9.88 Å². The van der Waals surface area contributed by atoms with Crippen molar-refractivity contribution in [2.75, 3.05) is 32.1 Å². The lowest BCUT2D eigenvalue weighted by Gasteiger charge is -2.21. The summed E-state index contributed by atoms with van der Waals surface area (Å²) in [5.41, 5.74) is 1.46. The van der Waals surface area contributed by atoms with Gasteiger partial charge >= 0.3 is 0 Å². The third-order valence-electron chi connectivity index (χ3n) is 4.28. The van der Waals surface area contributed by atoms with Gasteiger partial charge in [-0.3, -0.25) is 9.69 Å². The number of carbonyl (C=O) groups excluding carboxylic acids is 1. The summed E-state index contributed by atoms with van der Waals surface area (Å²) in [4.78, 5) is 21.9. The SMILES string of the molecule is CC(C)Oc1ccc(C(=O)N(CCCN(C)C)c2nc3ccc(Cl)cc3s2)cc1.Cl. The molecular weight excluding hydrogens is 441 g/mol. The minimum atomic E-state index is -0.0648. The number of ether oxygens (including phenoxy) is 1. The van der Waals surface area contributed by atoms with Crippen molar-refractivity contribution < 1.29 is 9.53 Å². The third-order valence-corrected chi connectivity index (χ3v) is 5.55. The predicted molar refractivity (Wildman–Crippen MR) is 129 cm³/mol. The minimum Gasteiger partial charge on any atom is -0.491 e. The first-order chi connectivity index (χ1) is 13.8. The quantitative estimate of drug-likeness (QED) is 0.422. The van der Waals surface area contributed by atoms with E-state index in [0.717, 1.165) is 28.9 Å². The molecule has 2 aromatic carbocycles. The standard InChI is InChI=1S/C22H26ClN3O2S.ClH/c1-15(2)28-18-9-6-16(7-10-18)21(27)26(13-5-12-25(3)4)22-24-19-11-8-17(23)14-20(19)29-22;/h6-11,14-15H,5,12-13H2,1-4H3;1H. The van der Waals surface area contributed by atoms with Crippen molar-refractivity contribution in [3.8, 4) is 5.75 Å². The van der Waals surface area contributed by atoms with Crippen LogP contribution in [0.5, 0.6) is 5.75 Å².